The van der Waals surface area contributed by atoms with Crippen molar-refractivity contribution in [2.24, 2.45) is 0 Å². The van der Waals surface area contributed by atoms with E-state index >= 15 is 0 Å². The van der Waals surface area contributed by atoms with E-state index in [1.165, 1.54) is 7.11 Å². The van der Waals surface area contributed by atoms with Gasteiger partial charge < -0.3 is 19.7 Å². The Hall–Kier alpha value is -3.81. The van der Waals surface area contributed by atoms with E-state index in [0.29, 0.717) is 29.4 Å². The molecule has 0 aliphatic rings. The molecule has 0 atom stereocenters. The van der Waals surface area contributed by atoms with Crippen LogP contribution in [0.2, 0.25) is 0 Å². The van der Waals surface area contributed by atoms with Crippen LogP contribution in [0.3, 0.4) is 0 Å². The molecule has 3 rings (SSSR count). The SMILES string of the molecule is CCCCN(CC(=O)Nc1cc(C(C)(C)C)nn1-c1ccc(C)cc1)C(=O)c1ccc(OC)cc1OC. The molecule has 0 aliphatic carbocycles. The van der Waals surface area contributed by atoms with Gasteiger partial charge in [-0.15, -0.1) is 0 Å². The van der Waals surface area contributed by atoms with Crippen molar-refractivity contribution in [3.63, 3.8) is 0 Å². The summed E-state index contributed by atoms with van der Waals surface area (Å²) in [6, 6.07) is 14.9. The number of nitrogens with zero attached hydrogens (tertiary/aromatic N) is 3. The summed E-state index contributed by atoms with van der Waals surface area (Å²) < 4.78 is 12.4. The standard InChI is InChI=1S/C29H38N4O4/c1-8-9-16-32(28(35)23-15-14-22(36-6)17-24(23)37-7)19-27(34)30-26-18-25(29(3,4)5)31-33(26)21-12-10-20(2)11-13-21/h10-15,17-18H,8-9,16,19H2,1-7H3,(H,30,34). The molecule has 0 saturated carbocycles. The molecule has 3 aromatic rings. The highest BCUT2D eigenvalue weighted by molar-refractivity contribution is 6.01. The van der Waals surface area contributed by atoms with Crippen LogP contribution >= 0.6 is 0 Å². The number of rotatable bonds is 10. The first kappa shape index (κ1) is 27.8. The molecule has 0 fully saturated rings. The molecule has 0 saturated heterocycles. The number of carbonyl (C=O) groups excluding carboxylic acids is 2. The molecule has 2 aromatic carbocycles. The molecule has 1 heterocycles. The smallest absolute Gasteiger partial charge is 0.258 e. The Labute approximate surface area is 219 Å². The first-order valence-electron chi connectivity index (χ1n) is 12.6. The summed E-state index contributed by atoms with van der Waals surface area (Å²) in [6.45, 7) is 10.6. The number of ether oxygens (including phenoxy) is 2. The van der Waals surface area contributed by atoms with Gasteiger partial charge >= 0.3 is 0 Å². The van der Waals surface area contributed by atoms with Gasteiger partial charge in [-0.3, -0.25) is 9.59 Å². The maximum Gasteiger partial charge on any atom is 0.258 e. The second-order valence-corrected chi connectivity index (χ2v) is 10.1. The van der Waals surface area contributed by atoms with Crippen LogP contribution in [0.25, 0.3) is 5.69 Å². The van der Waals surface area contributed by atoms with Gasteiger partial charge in [0.15, 0.2) is 0 Å². The van der Waals surface area contributed by atoms with Crippen LogP contribution in [-0.2, 0) is 10.2 Å². The second-order valence-electron chi connectivity index (χ2n) is 10.1. The summed E-state index contributed by atoms with van der Waals surface area (Å²) >= 11 is 0. The van der Waals surface area contributed by atoms with Gasteiger partial charge in [0, 0.05) is 24.1 Å². The molecule has 198 valence electrons. The minimum Gasteiger partial charge on any atom is -0.497 e. The molecule has 1 aromatic heterocycles. The normalized spacial score (nSPS) is 11.2. The maximum atomic E-state index is 13.5. The van der Waals surface area contributed by atoms with Gasteiger partial charge in [0.05, 0.1) is 31.2 Å². The quantitative estimate of drug-likeness (QED) is 0.399. The number of unbranched alkanes of at least 4 members (excludes halogenated alkanes) is 1. The van der Waals surface area contributed by atoms with Crippen LogP contribution in [0.1, 0.15) is 62.2 Å². The zero-order valence-electron chi connectivity index (χ0n) is 22.9. The predicted molar refractivity (Wildman–Crippen MR) is 146 cm³/mol. The lowest BCUT2D eigenvalue weighted by molar-refractivity contribution is -0.117. The lowest BCUT2D eigenvalue weighted by Crippen LogP contribution is -2.39. The number of hydrogen-bond acceptors (Lipinski definition) is 5. The van der Waals surface area contributed by atoms with Gasteiger partial charge in [-0.25, -0.2) is 4.68 Å². The van der Waals surface area contributed by atoms with E-state index < -0.39 is 0 Å². The third kappa shape index (κ3) is 6.90. The number of amides is 2. The van der Waals surface area contributed by atoms with Gasteiger partial charge in [-0.1, -0.05) is 51.8 Å². The Balaban J connectivity index is 1.88. The van der Waals surface area contributed by atoms with E-state index in [1.807, 2.05) is 44.2 Å². The molecule has 1 N–H and O–H groups in total. The third-order valence-electron chi connectivity index (χ3n) is 6.07. The minimum atomic E-state index is -0.300. The molecular formula is C29H38N4O4. The zero-order valence-corrected chi connectivity index (χ0v) is 22.9. The molecule has 0 aliphatic heterocycles. The van der Waals surface area contributed by atoms with Gasteiger partial charge in [0.1, 0.15) is 23.9 Å². The lowest BCUT2D eigenvalue weighted by atomic mass is 9.92. The Bertz CT molecular complexity index is 1230. The summed E-state index contributed by atoms with van der Waals surface area (Å²) in [5.41, 5.74) is 3.01. The van der Waals surface area contributed by atoms with Crippen LogP contribution in [0.5, 0.6) is 11.5 Å². The summed E-state index contributed by atoms with van der Waals surface area (Å²) in [6.07, 6.45) is 1.66. The van der Waals surface area contributed by atoms with Crippen molar-refractivity contribution in [2.45, 2.75) is 52.9 Å². The van der Waals surface area contributed by atoms with Crippen LogP contribution in [0, 0.1) is 6.92 Å². The maximum absolute atomic E-state index is 13.5. The highest BCUT2D eigenvalue weighted by atomic mass is 16.5. The van der Waals surface area contributed by atoms with Crippen LogP contribution in [0.4, 0.5) is 5.82 Å². The molecule has 37 heavy (non-hydrogen) atoms. The highest BCUT2D eigenvalue weighted by Crippen LogP contribution is 2.28. The summed E-state index contributed by atoms with van der Waals surface area (Å²) in [7, 11) is 3.06. The summed E-state index contributed by atoms with van der Waals surface area (Å²) in [5, 5.41) is 7.77. The molecule has 2 amide bonds. The Morgan fingerprint density at radius 3 is 2.32 bits per heavy atom. The van der Waals surface area contributed by atoms with Gasteiger partial charge in [-0.05, 0) is 37.6 Å². The zero-order chi connectivity index (χ0) is 27.2. The van der Waals surface area contributed by atoms with Gasteiger partial charge in [0.2, 0.25) is 5.91 Å². The topological polar surface area (TPSA) is 85.7 Å². The molecule has 0 spiro atoms. The van der Waals surface area contributed by atoms with E-state index in [-0.39, 0.29) is 23.8 Å². The summed E-state index contributed by atoms with van der Waals surface area (Å²) in [5.74, 6) is 0.976. The van der Waals surface area contributed by atoms with E-state index in [0.717, 1.165) is 29.8 Å². The number of carbonyl (C=O) groups is 2. The number of nitrogens with one attached hydrogen (secondary N) is 1. The highest BCUT2D eigenvalue weighted by Gasteiger charge is 2.25. The Morgan fingerprint density at radius 2 is 1.73 bits per heavy atom. The van der Waals surface area contributed by atoms with Crippen molar-refractivity contribution in [1.29, 1.82) is 0 Å². The molecule has 8 heteroatoms. The fraction of sp³-hybridized carbons (Fsp3) is 0.414. The molecule has 8 nitrogen and oxygen atoms in total. The van der Waals surface area contributed by atoms with Crippen LogP contribution in [-0.4, -0.2) is 53.8 Å². The van der Waals surface area contributed by atoms with Gasteiger partial charge in [0.25, 0.3) is 5.91 Å². The van der Waals surface area contributed by atoms with Crippen molar-refractivity contribution in [3.8, 4) is 17.2 Å². The van der Waals surface area contributed by atoms with E-state index in [4.69, 9.17) is 14.6 Å². The number of anilines is 1. The average Bonchev–Trinajstić information content (AvgIpc) is 3.30. The first-order valence-corrected chi connectivity index (χ1v) is 12.6. The monoisotopic (exact) mass is 506 g/mol. The first-order chi connectivity index (χ1) is 17.6. The van der Waals surface area contributed by atoms with Crippen molar-refractivity contribution in [1.82, 2.24) is 14.7 Å². The minimum absolute atomic E-state index is 0.0993. The number of hydrogen-bond donors (Lipinski definition) is 1. The average molecular weight is 507 g/mol. The lowest BCUT2D eigenvalue weighted by Gasteiger charge is -2.23. The molecular weight excluding hydrogens is 468 g/mol. The molecule has 0 bridgehead atoms. The van der Waals surface area contributed by atoms with Crippen LogP contribution in [0.15, 0.2) is 48.5 Å². The van der Waals surface area contributed by atoms with Crippen molar-refractivity contribution < 1.29 is 19.1 Å². The molecule has 0 radical (unpaired) electrons. The number of benzene rings is 2. The van der Waals surface area contributed by atoms with Crippen molar-refractivity contribution >= 4 is 17.6 Å². The van der Waals surface area contributed by atoms with E-state index in [2.05, 4.69) is 26.1 Å². The van der Waals surface area contributed by atoms with E-state index in [9.17, 15) is 9.59 Å². The number of methoxy groups -OCH3 is 2. The fourth-order valence-electron chi connectivity index (χ4n) is 3.82. The summed E-state index contributed by atoms with van der Waals surface area (Å²) in [4.78, 5) is 28.3. The van der Waals surface area contributed by atoms with Crippen molar-refractivity contribution in [2.75, 3.05) is 32.6 Å². The number of aryl methyl sites for hydroxylation is 1. The van der Waals surface area contributed by atoms with Crippen LogP contribution < -0.4 is 14.8 Å². The van der Waals surface area contributed by atoms with Crippen molar-refractivity contribution in [3.05, 3.63) is 65.4 Å². The van der Waals surface area contributed by atoms with E-state index in [1.54, 1.807) is 34.9 Å². The number of aromatic nitrogens is 2. The fourth-order valence-corrected chi connectivity index (χ4v) is 3.82. The van der Waals surface area contributed by atoms with Gasteiger partial charge in [-0.2, -0.15) is 5.10 Å². The Morgan fingerprint density at radius 1 is 1.03 bits per heavy atom. The predicted octanol–water partition coefficient (Wildman–Crippen LogP) is 5.38. The Kier molecular flexibility index (Phi) is 8.97. The second kappa shape index (κ2) is 12.0. The molecule has 0 unspecified atom stereocenters. The third-order valence-corrected chi connectivity index (χ3v) is 6.07. The largest absolute Gasteiger partial charge is 0.497 e.